The van der Waals surface area contributed by atoms with Gasteiger partial charge in [-0.2, -0.15) is 0 Å². The Morgan fingerprint density at radius 2 is 2.27 bits per heavy atom. The molecule has 0 bridgehead atoms. The van der Waals surface area contributed by atoms with Gasteiger partial charge < -0.3 is 5.73 Å². The summed E-state index contributed by atoms with van der Waals surface area (Å²) in [5, 5.41) is 9.96. The van der Waals surface area contributed by atoms with Gasteiger partial charge in [-0.15, -0.1) is 5.10 Å². The van der Waals surface area contributed by atoms with Gasteiger partial charge in [0.2, 0.25) is 0 Å². The molecule has 0 spiro atoms. The minimum atomic E-state index is -0.494. The van der Waals surface area contributed by atoms with E-state index in [4.69, 9.17) is 5.73 Å². The molecule has 2 rings (SSSR count). The lowest BCUT2D eigenvalue weighted by Crippen LogP contribution is -2.20. The van der Waals surface area contributed by atoms with Gasteiger partial charge in [0, 0.05) is 6.08 Å². The standard InChI is InChI=1S/C5H3N5O/c6-3-1-2-4(7-3)5(11)9-10-8-2/h1H,6H2. The molecular weight excluding hydrogens is 146 g/mol. The SMILES string of the molecule is NC1=CC2=NN=NC(=O)C2=N1. The molecule has 2 heterocycles. The highest BCUT2D eigenvalue weighted by molar-refractivity contribution is 6.70. The first-order chi connectivity index (χ1) is 5.27. The Bertz CT molecular complexity index is 348. The monoisotopic (exact) mass is 149 g/mol. The molecule has 0 unspecified atom stereocenters. The number of carbonyl (C=O) groups excluding carboxylic acids is 1. The molecule has 2 aliphatic heterocycles. The number of fused-ring (bicyclic) bond motifs is 1. The van der Waals surface area contributed by atoms with E-state index in [1.165, 1.54) is 6.08 Å². The number of hydrogen-bond donors (Lipinski definition) is 1. The number of amides is 1. The van der Waals surface area contributed by atoms with Crippen molar-refractivity contribution in [2.75, 3.05) is 0 Å². The van der Waals surface area contributed by atoms with Crippen LogP contribution in [0.5, 0.6) is 0 Å². The van der Waals surface area contributed by atoms with Crippen LogP contribution in [0.15, 0.2) is 32.3 Å². The third-order valence-electron chi connectivity index (χ3n) is 1.26. The quantitative estimate of drug-likeness (QED) is 0.507. The second kappa shape index (κ2) is 1.82. The van der Waals surface area contributed by atoms with Crippen LogP contribution in [0.4, 0.5) is 0 Å². The van der Waals surface area contributed by atoms with Crippen molar-refractivity contribution in [1.82, 2.24) is 0 Å². The minimum Gasteiger partial charge on any atom is -0.384 e. The van der Waals surface area contributed by atoms with Crippen molar-refractivity contribution in [3.63, 3.8) is 0 Å². The van der Waals surface area contributed by atoms with Crippen LogP contribution in [0.2, 0.25) is 0 Å². The first-order valence-corrected chi connectivity index (χ1v) is 2.86. The third kappa shape index (κ3) is 0.759. The molecule has 0 aromatic carbocycles. The minimum absolute atomic E-state index is 0.178. The smallest absolute Gasteiger partial charge is 0.317 e. The number of carbonyl (C=O) groups is 1. The summed E-state index contributed by atoms with van der Waals surface area (Å²) in [5.41, 5.74) is 5.88. The molecule has 6 nitrogen and oxygen atoms in total. The first-order valence-electron chi connectivity index (χ1n) is 2.86. The van der Waals surface area contributed by atoms with E-state index in [1.54, 1.807) is 0 Å². The summed E-state index contributed by atoms with van der Waals surface area (Å²) in [6, 6.07) is 0. The number of aliphatic imine (C=N–C) groups is 1. The molecular formula is C5H3N5O. The summed E-state index contributed by atoms with van der Waals surface area (Å²) in [6.07, 6.45) is 1.48. The van der Waals surface area contributed by atoms with Gasteiger partial charge >= 0.3 is 5.91 Å². The van der Waals surface area contributed by atoms with Gasteiger partial charge in [-0.25, -0.2) is 4.99 Å². The lowest BCUT2D eigenvalue weighted by molar-refractivity contribution is -0.112. The Kier molecular flexibility index (Phi) is 0.974. The summed E-state index contributed by atoms with van der Waals surface area (Å²) >= 11 is 0. The molecule has 0 radical (unpaired) electrons. The maximum absolute atomic E-state index is 10.9. The maximum atomic E-state index is 10.9. The zero-order chi connectivity index (χ0) is 7.84. The average molecular weight is 149 g/mol. The van der Waals surface area contributed by atoms with Crippen LogP contribution in [0, 0.1) is 0 Å². The first kappa shape index (κ1) is 5.90. The molecule has 6 heteroatoms. The van der Waals surface area contributed by atoms with Crippen LogP contribution in [-0.2, 0) is 4.79 Å². The summed E-state index contributed by atoms with van der Waals surface area (Å²) in [5.74, 6) is -0.230. The molecule has 0 aromatic heterocycles. The van der Waals surface area contributed by atoms with E-state index in [2.05, 4.69) is 20.4 Å². The van der Waals surface area contributed by atoms with Gasteiger partial charge in [0.25, 0.3) is 0 Å². The second-order valence-electron chi connectivity index (χ2n) is 2.01. The number of allylic oxidation sites excluding steroid dienone is 1. The largest absolute Gasteiger partial charge is 0.384 e. The predicted octanol–water partition coefficient (Wildman–Crippen LogP) is -0.411. The summed E-state index contributed by atoms with van der Waals surface area (Å²) in [6.45, 7) is 0. The molecule has 0 fully saturated rings. The summed E-state index contributed by atoms with van der Waals surface area (Å²) in [7, 11) is 0. The van der Waals surface area contributed by atoms with Crippen molar-refractivity contribution >= 4 is 17.3 Å². The van der Waals surface area contributed by atoms with Gasteiger partial charge in [-0.05, 0) is 5.22 Å². The van der Waals surface area contributed by atoms with E-state index in [-0.39, 0.29) is 11.5 Å². The Morgan fingerprint density at radius 3 is 3.00 bits per heavy atom. The van der Waals surface area contributed by atoms with Crippen LogP contribution in [-0.4, -0.2) is 17.3 Å². The van der Waals surface area contributed by atoms with E-state index in [0.717, 1.165) is 0 Å². The van der Waals surface area contributed by atoms with E-state index >= 15 is 0 Å². The number of nitrogens with zero attached hydrogens (tertiary/aromatic N) is 4. The molecule has 0 saturated carbocycles. The van der Waals surface area contributed by atoms with Gasteiger partial charge in [-0.3, -0.25) is 4.79 Å². The van der Waals surface area contributed by atoms with Crippen LogP contribution in [0.25, 0.3) is 0 Å². The maximum Gasteiger partial charge on any atom is 0.317 e. The predicted molar refractivity (Wildman–Crippen MR) is 37.0 cm³/mol. The third-order valence-corrected chi connectivity index (χ3v) is 1.26. The Hall–Kier alpha value is -1.85. The number of nitrogens with two attached hydrogens (primary N) is 1. The highest BCUT2D eigenvalue weighted by Crippen LogP contribution is 2.08. The molecule has 1 amide bonds. The molecule has 0 saturated heterocycles. The van der Waals surface area contributed by atoms with Gasteiger partial charge in [0.05, 0.1) is 0 Å². The zero-order valence-electron chi connectivity index (χ0n) is 5.35. The van der Waals surface area contributed by atoms with Crippen LogP contribution in [0.3, 0.4) is 0 Å². The fraction of sp³-hybridized carbons (Fsp3) is 0. The normalized spacial score (nSPS) is 20.7. The Labute approximate surface area is 61.2 Å². The van der Waals surface area contributed by atoms with Crippen molar-refractivity contribution in [3.05, 3.63) is 11.9 Å². The number of hydrogen-bond acceptors (Lipinski definition) is 5. The van der Waals surface area contributed by atoms with Crippen LogP contribution >= 0.6 is 0 Å². The van der Waals surface area contributed by atoms with E-state index < -0.39 is 5.91 Å². The Morgan fingerprint density at radius 1 is 1.45 bits per heavy atom. The van der Waals surface area contributed by atoms with Gasteiger partial charge in [-0.1, -0.05) is 5.11 Å². The van der Waals surface area contributed by atoms with E-state index in [9.17, 15) is 4.79 Å². The summed E-state index contributed by atoms with van der Waals surface area (Å²) < 4.78 is 0. The fourth-order valence-electron chi connectivity index (χ4n) is 0.819. The number of rotatable bonds is 0. The van der Waals surface area contributed by atoms with E-state index in [1.807, 2.05) is 0 Å². The molecule has 2 aliphatic rings. The lowest BCUT2D eigenvalue weighted by Gasteiger charge is -1.95. The fourth-order valence-corrected chi connectivity index (χ4v) is 0.819. The molecule has 0 atom stereocenters. The lowest BCUT2D eigenvalue weighted by atomic mass is 10.2. The Balaban J connectivity index is 2.53. The molecule has 54 valence electrons. The highest BCUT2D eigenvalue weighted by Gasteiger charge is 2.24. The van der Waals surface area contributed by atoms with E-state index in [0.29, 0.717) is 5.71 Å². The molecule has 0 aliphatic carbocycles. The molecule has 0 aromatic rings. The van der Waals surface area contributed by atoms with Crippen molar-refractivity contribution in [2.24, 2.45) is 26.2 Å². The van der Waals surface area contributed by atoms with Crippen molar-refractivity contribution in [2.45, 2.75) is 0 Å². The molecule has 11 heavy (non-hydrogen) atoms. The summed E-state index contributed by atoms with van der Waals surface area (Å²) in [4.78, 5) is 14.6. The van der Waals surface area contributed by atoms with Crippen LogP contribution < -0.4 is 5.73 Å². The van der Waals surface area contributed by atoms with Crippen molar-refractivity contribution in [3.8, 4) is 0 Å². The van der Waals surface area contributed by atoms with Gasteiger partial charge in [0.15, 0.2) is 5.71 Å². The highest BCUT2D eigenvalue weighted by atomic mass is 16.2. The zero-order valence-corrected chi connectivity index (χ0v) is 5.35. The average Bonchev–Trinajstić information content (AvgIpc) is 2.31. The molecule has 2 N–H and O–H groups in total. The topological polar surface area (TPSA) is 92.5 Å². The van der Waals surface area contributed by atoms with Crippen molar-refractivity contribution in [1.29, 1.82) is 0 Å². The van der Waals surface area contributed by atoms with Gasteiger partial charge in [0.1, 0.15) is 11.5 Å². The second-order valence-corrected chi connectivity index (χ2v) is 2.01. The van der Waals surface area contributed by atoms with Crippen LogP contribution in [0.1, 0.15) is 0 Å². The van der Waals surface area contributed by atoms with Crippen molar-refractivity contribution < 1.29 is 4.79 Å².